The summed E-state index contributed by atoms with van der Waals surface area (Å²) in [6.45, 7) is 0. The number of anilines is 1. The van der Waals surface area contributed by atoms with Crippen LogP contribution in [0.3, 0.4) is 0 Å². The van der Waals surface area contributed by atoms with Gasteiger partial charge in [-0.05, 0) is 24.3 Å². The fourth-order valence-electron chi connectivity index (χ4n) is 2.16. The molecule has 0 aliphatic rings. The summed E-state index contributed by atoms with van der Waals surface area (Å²) < 4.78 is 58.2. The van der Waals surface area contributed by atoms with E-state index in [1.54, 1.807) is 6.07 Å². The van der Waals surface area contributed by atoms with E-state index < -0.39 is 34.9 Å². The summed E-state index contributed by atoms with van der Waals surface area (Å²) in [5.41, 5.74) is -0.159. The van der Waals surface area contributed by atoms with Gasteiger partial charge in [-0.15, -0.1) is 0 Å². The Labute approximate surface area is 139 Å². The lowest BCUT2D eigenvalue weighted by Crippen LogP contribution is -2.16. The first-order chi connectivity index (χ1) is 12.0. The van der Waals surface area contributed by atoms with Crippen molar-refractivity contribution in [3.05, 3.63) is 71.4 Å². The first kappa shape index (κ1) is 16.7. The molecule has 0 unspecified atom stereocenters. The lowest BCUT2D eigenvalue weighted by Gasteiger charge is -2.06. The van der Waals surface area contributed by atoms with E-state index in [0.717, 1.165) is 6.07 Å². The summed E-state index contributed by atoms with van der Waals surface area (Å²) in [6.07, 6.45) is -0.323. The molecule has 1 amide bonds. The Balaban J connectivity index is 1.72. The van der Waals surface area contributed by atoms with Crippen molar-refractivity contribution in [2.75, 3.05) is 5.32 Å². The quantitative estimate of drug-likeness (QED) is 0.570. The molecule has 4 nitrogen and oxygen atoms in total. The molecule has 0 bridgehead atoms. The van der Waals surface area contributed by atoms with E-state index in [1.165, 1.54) is 24.3 Å². The van der Waals surface area contributed by atoms with Gasteiger partial charge in [-0.3, -0.25) is 4.79 Å². The van der Waals surface area contributed by atoms with Gasteiger partial charge in [0.25, 0.3) is 0 Å². The molecule has 3 rings (SSSR count). The largest absolute Gasteiger partial charge is 0.356 e. The van der Waals surface area contributed by atoms with Crippen molar-refractivity contribution in [1.29, 1.82) is 0 Å². The van der Waals surface area contributed by atoms with Crippen LogP contribution in [-0.4, -0.2) is 11.1 Å². The van der Waals surface area contributed by atoms with Crippen molar-refractivity contribution in [3.63, 3.8) is 0 Å². The molecule has 0 aliphatic heterocycles. The van der Waals surface area contributed by atoms with Crippen molar-refractivity contribution in [2.24, 2.45) is 0 Å². The minimum absolute atomic E-state index is 0.125. The maximum atomic E-state index is 13.7. The van der Waals surface area contributed by atoms with Gasteiger partial charge in [-0.2, -0.15) is 0 Å². The molecular formula is C17H10F4N2O2. The standard InChI is InChI=1S/C17H10F4N2O2/c18-11-4-2-1-3-10(11)14-7-9(23-25-14)8-15(24)22-13-6-5-12(19)16(20)17(13)21/h1-7H,8H2,(H,22,24). The Kier molecular flexibility index (Phi) is 4.51. The van der Waals surface area contributed by atoms with Gasteiger partial charge < -0.3 is 9.84 Å². The second-order valence-corrected chi connectivity index (χ2v) is 5.11. The van der Waals surface area contributed by atoms with Crippen LogP contribution in [0.5, 0.6) is 0 Å². The summed E-state index contributed by atoms with van der Waals surface area (Å²) in [5.74, 6) is -5.65. The van der Waals surface area contributed by atoms with E-state index in [0.29, 0.717) is 6.07 Å². The average Bonchev–Trinajstić information content (AvgIpc) is 3.04. The fourth-order valence-corrected chi connectivity index (χ4v) is 2.16. The van der Waals surface area contributed by atoms with Gasteiger partial charge >= 0.3 is 0 Å². The Morgan fingerprint density at radius 1 is 1.00 bits per heavy atom. The molecule has 25 heavy (non-hydrogen) atoms. The molecule has 0 saturated heterocycles. The molecule has 0 radical (unpaired) electrons. The molecule has 1 heterocycles. The zero-order valence-electron chi connectivity index (χ0n) is 12.5. The van der Waals surface area contributed by atoms with Crippen LogP contribution >= 0.6 is 0 Å². The maximum absolute atomic E-state index is 13.7. The number of benzene rings is 2. The monoisotopic (exact) mass is 350 g/mol. The van der Waals surface area contributed by atoms with Crippen LogP contribution < -0.4 is 5.32 Å². The number of hydrogen-bond donors (Lipinski definition) is 1. The van der Waals surface area contributed by atoms with Gasteiger partial charge in [0.1, 0.15) is 5.82 Å². The Morgan fingerprint density at radius 3 is 2.52 bits per heavy atom. The highest BCUT2D eigenvalue weighted by Gasteiger charge is 2.17. The second kappa shape index (κ2) is 6.76. The van der Waals surface area contributed by atoms with Crippen molar-refractivity contribution in [2.45, 2.75) is 6.42 Å². The minimum atomic E-state index is -1.68. The van der Waals surface area contributed by atoms with Crippen molar-refractivity contribution >= 4 is 11.6 Å². The molecule has 2 aromatic carbocycles. The molecule has 0 saturated carbocycles. The molecule has 128 valence electrons. The number of amides is 1. The van der Waals surface area contributed by atoms with Crippen LogP contribution in [0.25, 0.3) is 11.3 Å². The van der Waals surface area contributed by atoms with E-state index in [4.69, 9.17) is 4.52 Å². The first-order valence-corrected chi connectivity index (χ1v) is 7.09. The molecule has 8 heteroatoms. The average molecular weight is 350 g/mol. The molecule has 0 atom stereocenters. The van der Waals surface area contributed by atoms with Gasteiger partial charge in [-0.1, -0.05) is 17.3 Å². The summed E-state index contributed by atoms with van der Waals surface area (Å²) in [4.78, 5) is 11.9. The number of hydrogen-bond acceptors (Lipinski definition) is 3. The third-order valence-corrected chi connectivity index (χ3v) is 3.35. The van der Waals surface area contributed by atoms with Crippen LogP contribution in [0.4, 0.5) is 23.2 Å². The number of nitrogens with zero attached hydrogens (tertiary/aromatic N) is 1. The number of halogens is 4. The van der Waals surface area contributed by atoms with Crippen molar-refractivity contribution in [1.82, 2.24) is 5.16 Å². The Bertz CT molecular complexity index is 940. The predicted molar refractivity (Wildman–Crippen MR) is 80.5 cm³/mol. The highest BCUT2D eigenvalue weighted by molar-refractivity contribution is 5.92. The third-order valence-electron chi connectivity index (χ3n) is 3.35. The smallest absolute Gasteiger partial charge is 0.230 e. The van der Waals surface area contributed by atoms with E-state index in [9.17, 15) is 22.4 Å². The van der Waals surface area contributed by atoms with Gasteiger partial charge in [0, 0.05) is 6.07 Å². The molecule has 1 aromatic heterocycles. The highest BCUT2D eigenvalue weighted by Crippen LogP contribution is 2.24. The molecule has 0 fully saturated rings. The molecule has 3 aromatic rings. The Morgan fingerprint density at radius 2 is 1.76 bits per heavy atom. The molecule has 0 aliphatic carbocycles. The summed E-state index contributed by atoms with van der Waals surface area (Å²) in [6, 6.07) is 8.81. The fraction of sp³-hybridized carbons (Fsp3) is 0.0588. The number of nitrogens with one attached hydrogen (secondary N) is 1. The third kappa shape index (κ3) is 3.52. The van der Waals surface area contributed by atoms with Crippen LogP contribution in [0, 0.1) is 23.3 Å². The van der Waals surface area contributed by atoms with Gasteiger partial charge in [0.05, 0.1) is 23.4 Å². The van der Waals surface area contributed by atoms with Gasteiger partial charge in [-0.25, -0.2) is 17.6 Å². The van der Waals surface area contributed by atoms with Crippen LogP contribution in [0.2, 0.25) is 0 Å². The zero-order chi connectivity index (χ0) is 18.0. The van der Waals surface area contributed by atoms with E-state index in [2.05, 4.69) is 10.5 Å². The summed E-state index contributed by atoms with van der Waals surface area (Å²) in [5, 5.41) is 5.75. The predicted octanol–water partition coefficient (Wildman–Crippen LogP) is 4.08. The SMILES string of the molecule is O=C(Cc1cc(-c2ccccc2F)on1)Nc1ccc(F)c(F)c1F. The first-order valence-electron chi connectivity index (χ1n) is 7.09. The minimum Gasteiger partial charge on any atom is -0.356 e. The van der Waals surface area contributed by atoms with Crippen LogP contribution in [0.15, 0.2) is 47.0 Å². The number of aromatic nitrogens is 1. The molecule has 1 N–H and O–H groups in total. The second-order valence-electron chi connectivity index (χ2n) is 5.11. The lowest BCUT2D eigenvalue weighted by atomic mass is 10.1. The normalized spacial score (nSPS) is 10.7. The topological polar surface area (TPSA) is 55.1 Å². The van der Waals surface area contributed by atoms with E-state index in [1.807, 2.05) is 0 Å². The molecular weight excluding hydrogens is 340 g/mol. The van der Waals surface area contributed by atoms with E-state index >= 15 is 0 Å². The molecule has 0 spiro atoms. The van der Waals surface area contributed by atoms with Gasteiger partial charge in [0.15, 0.2) is 23.2 Å². The summed E-state index contributed by atoms with van der Waals surface area (Å²) in [7, 11) is 0. The van der Waals surface area contributed by atoms with Crippen LogP contribution in [0.1, 0.15) is 5.69 Å². The Hall–Kier alpha value is -3.16. The number of rotatable bonds is 4. The van der Waals surface area contributed by atoms with Crippen LogP contribution in [-0.2, 0) is 11.2 Å². The van der Waals surface area contributed by atoms with E-state index in [-0.39, 0.29) is 23.4 Å². The number of carbonyl (C=O) groups is 1. The van der Waals surface area contributed by atoms with Crippen molar-refractivity contribution in [3.8, 4) is 11.3 Å². The highest BCUT2D eigenvalue weighted by atomic mass is 19.2. The lowest BCUT2D eigenvalue weighted by molar-refractivity contribution is -0.115. The summed E-state index contributed by atoms with van der Waals surface area (Å²) >= 11 is 0. The maximum Gasteiger partial charge on any atom is 0.230 e. The number of carbonyl (C=O) groups excluding carboxylic acids is 1. The zero-order valence-corrected chi connectivity index (χ0v) is 12.5. The van der Waals surface area contributed by atoms with Crippen molar-refractivity contribution < 1.29 is 26.9 Å². The van der Waals surface area contributed by atoms with Gasteiger partial charge in [0.2, 0.25) is 5.91 Å².